The minimum atomic E-state index is 0.709. The van der Waals surface area contributed by atoms with Crippen LogP contribution in [0.5, 0.6) is 0 Å². The number of aromatic nitrogens is 2. The average molecular weight is 661 g/mol. The summed E-state index contributed by atoms with van der Waals surface area (Å²) in [6.07, 6.45) is 0. The minimum Gasteiger partial charge on any atom is -0.228 e. The summed E-state index contributed by atoms with van der Waals surface area (Å²) in [5, 5.41) is 9.79. The van der Waals surface area contributed by atoms with E-state index in [1.54, 1.807) is 0 Å². The van der Waals surface area contributed by atoms with Gasteiger partial charge in [0.1, 0.15) is 0 Å². The van der Waals surface area contributed by atoms with Gasteiger partial charge in [-0.3, -0.25) is 0 Å². The van der Waals surface area contributed by atoms with E-state index in [-0.39, 0.29) is 0 Å². The SMILES string of the molecule is c1ccc(-c2cc(-c3cc(-c4ccc5cc(-c6cc7ccccc7c7ccccc67)ccc5c4)nc(-c4ccccc4)n3)c3ccccc3c2)cc1. The summed E-state index contributed by atoms with van der Waals surface area (Å²) in [5.74, 6) is 0.709. The number of nitrogens with zero attached hydrogens (tertiary/aromatic N) is 2. The molecule has 0 saturated heterocycles. The number of fused-ring (bicyclic) bond motifs is 5. The smallest absolute Gasteiger partial charge is 0.160 e. The van der Waals surface area contributed by atoms with Gasteiger partial charge < -0.3 is 0 Å². The van der Waals surface area contributed by atoms with E-state index in [9.17, 15) is 0 Å². The lowest BCUT2D eigenvalue weighted by Crippen LogP contribution is -1.97. The van der Waals surface area contributed by atoms with Crippen LogP contribution in [-0.4, -0.2) is 9.97 Å². The number of hydrogen-bond donors (Lipinski definition) is 0. The molecule has 0 amide bonds. The zero-order valence-electron chi connectivity index (χ0n) is 28.4. The van der Waals surface area contributed by atoms with Crippen molar-refractivity contribution in [3.63, 3.8) is 0 Å². The average Bonchev–Trinajstić information content (AvgIpc) is 3.23. The van der Waals surface area contributed by atoms with Gasteiger partial charge in [0, 0.05) is 16.7 Å². The molecule has 0 aliphatic rings. The van der Waals surface area contributed by atoms with Crippen LogP contribution in [0.25, 0.3) is 99.2 Å². The molecule has 0 bridgehead atoms. The van der Waals surface area contributed by atoms with Gasteiger partial charge in [-0.2, -0.15) is 0 Å². The van der Waals surface area contributed by atoms with Gasteiger partial charge in [-0.25, -0.2) is 9.97 Å². The monoisotopic (exact) mass is 660 g/mol. The van der Waals surface area contributed by atoms with Gasteiger partial charge in [0.2, 0.25) is 0 Å². The summed E-state index contributed by atoms with van der Waals surface area (Å²) in [5.41, 5.74) is 9.73. The summed E-state index contributed by atoms with van der Waals surface area (Å²) in [7, 11) is 0. The molecular formula is C50H32N2. The third-order valence-corrected chi connectivity index (χ3v) is 10.2. The molecule has 0 fully saturated rings. The van der Waals surface area contributed by atoms with Gasteiger partial charge in [-0.05, 0) is 102 Å². The molecular weight excluding hydrogens is 629 g/mol. The Labute approximate surface area is 302 Å². The molecule has 242 valence electrons. The van der Waals surface area contributed by atoms with Crippen LogP contribution in [0, 0.1) is 0 Å². The van der Waals surface area contributed by atoms with Crippen molar-refractivity contribution < 1.29 is 0 Å². The van der Waals surface area contributed by atoms with Gasteiger partial charge in [0.15, 0.2) is 5.82 Å². The minimum absolute atomic E-state index is 0.709. The molecule has 9 aromatic carbocycles. The first-order chi connectivity index (χ1) is 25.7. The molecule has 1 aromatic heterocycles. The Balaban J connectivity index is 1.13. The maximum absolute atomic E-state index is 5.23. The molecule has 0 spiro atoms. The molecule has 2 nitrogen and oxygen atoms in total. The quantitative estimate of drug-likeness (QED) is 0.172. The van der Waals surface area contributed by atoms with Crippen LogP contribution in [0.1, 0.15) is 0 Å². The highest BCUT2D eigenvalue weighted by atomic mass is 14.9. The molecule has 52 heavy (non-hydrogen) atoms. The predicted octanol–water partition coefficient (Wildman–Crippen LogP) is 13.4. The van der Waals surface area contributed by atoms with Crippen LogP contribution < -0.4 is 0 Å². The Morgan fingerprint density at radius 3 is 1.54 bits per heavy atom. The van der Waals surface area contributed by atoms with E-state index in [1.807, 2.05) is 18.2 Å². The number of benzene rings is 9. The lowest BCUT2D eigenvalue weighted by Gasteiger charge is -2.14. The summed E-state index contributed by atoms with van der Waals surface area (Å²) in [4.78, 5) is 10.4. The lowest BCUT2D eigenvalue weighted by molar-refractivity contribution is 1.19. The molecule has 0 unspecified atom stereocenters. The van der Waals surface area contributed by atoms with Crippen LogP contribution in [-0.2, 0) is 0 Å². The largest absolute Gasteiger partial charge is 0.228 e. The molecule has 0 aliphatic heterocycles. The van der Waals surface area contributed by atoms with Crippen LogP contribution in [0.15, 0.2) is 194 Å². The fraction of sp³-hybridized carbons (Fsp3) is 0. The number of hydrogen-bond acceptors (Lipinski definition) is 2. The molecule has 2 heteroatoms. The highest BCUT2D eigenvalue weighted by Gasteiger charge is 2.15. The first-order valence-corrected chi connectivity index (χ1v) is 17.7. The standard InChI is InChI=1S/C50H32N2/c1-3-13-33(14-4-1)41-29-37-17-7-10-20-43(37)47(31-41)49-32-48(51-50(52-49)34-15-5-2-6-16-34)40-26-24-35-27-39(25-23-36(35)28-40)46-30-38-18-8-9-19-42(38)44-21-11-12-22-45(44)46/h1-32H. The first-order valence-electron chi connectivity index (χ1n) is 17.7. The Bertz CT molecular complexity index is 2950. The lowest BCUT2D eigenvalue weighted by atomic mass is 9.92. The van der Waals surface area contributed by atoms with E-state index < -0.39 is 0 Å². The van der Waals surface area contributed by atoms with Crippen molar-refractivity contribution >= 4 is 43.1 Å². The van der Waals surface area contributed by atoms with Crippen molar-refractivity contribution in [3.8, 4) is 56.2 Å². The van der Waals surface area contributed by atoms with Gasteiger partial charge in [-0.1, -0.05) is 158 Å². The first kappa shape index (κ1) is 30.0. The van der Waals surface area contributed by atoms with Crippen molar-refractivity contribution in [1.29, 1.82) is 0 Å². The third kappa shape index (κ3) is 5.30. The maximum atomic E-state index is 5.23. The van der Waals surface area contributed by atoms with Crippen LogP contribution in [0.3, 0.4) is 0 Å². The summed E-state index contributed by atoms with van der Waals surface area (Å²) in [6.45, 7) is 0. The second kappa shape index (κ2) is 12.5. The highest BCUT2D eigenvalue weighted by molar-refractivity contribution is 6.14. The second-order valence-electron chi connectivity index (χ2n) is 13.4. The van der Waals surface area contributed by atoms with Crippen LogP contribution in [0.4, 0.5) is 0 Å². The zero-order valence-corrected chi connectivity index (χ0v) is 28.4. The second-order valence-corrected chi connectivity index (χ2v) is 13.4. The summed E-state index contributed by atoms with van der Waals surface area (Å²) in [6, 6.07) is 69.4. The summed E-state index contributed by atoms with van der Waals surface area (Å²) >= 11 is 0. The Kier molecular flexibility index (Phi) is 7.18. The van der Waals surface area contributed by atoms with E-state index in [1.165, 1.54) is 54.4 Å². The molecule has 10 rings (SSSR count). The van der Waals surface area contributed by atoms with Gasteiger partial charge >= 0.3 is 0 Å². The van der Waals surface area contributed by atoms with Crippen LogP contribution >= 0.6 is 0 Å². The van der Waals surface area contributed by atoms with Gasteiger partial charge in [-0.15, -0.1) is 0 Å². The molecule has 0 aliphatic carbocycles. The van der Waals surface area contributed by atoms with E-state index in [0.29, 0.717) is 5.82 Å². The molecule has 10 aromatic rings. The van der Waals surface area contributed by atoms with Crippen molar-refractivity contribution in [2.45, 2.75) is 0 Å². The van der Waals surface area contributed by atoms with Crippen molar-refractivity contribution in [1.82, 2.24) is 9.97 Å². The van der Waals surface area contributed by atoms with E-state index >= 15 is 0 Å². The normalized spacial score (nSPS) is 11.5. The van der Waals surface area contributed by atoms with E-state index in [0.717, 1.165) is 39.0 Å². The third-order valence-electron chi connectivity index (χ3n) is 10.2. The van der Waals surface area contributed by atoms with Crippen LogP contribution in [0.2, 0.25) is 0 Å². The van der Waals surface area contributed by atoms with Crippen molar-refractivity contribution in [2.24, 2.45) is 0 Å². The topological polar surface area (TPSA) is 25.8 Å². The number of rotatable bonds is 5. The predicted molar refractivity (Wildman–Crippen MR) is 219 cm³/mol. The molecule has 0 N–H and O–H groups in total. The van der Waals surface area contributed by atoms with Crippen molar-refractivity contribution in [3.05, 3.63) is 194 Å². The van der Waals surface area contributed by atoms with E-state index in [4.69, 9.17) is 9.97 Å². The highest BCUT2D eigenvalue weighted by Crippen LogP contribution is 2.38. The maximum Gasteiger partial charge on any atom is 0.160 e. The fourth-order valence-corrected chi connectivity index (χ4v) is 7.63. The molecule has 0 atom stereocenters. The molecule has 0 saturated carbocycles. The zero-order chi connectivity index (χ0) is 34.4. The Hall–Kier alpha value is -6.90. The van der Waals surface area contributed by atoms with E-state index in [2.05, 4.69) is 176 Å². The van der Waals surface area contributed by atoms with Gasteiger partial charge in [0.25, 0.3) is 0 Å². The fourth-order valence-electron chi connectivity index (χ4n) is 7.63. The molecule has 0 radical (unpaired) electrons. The molecule has 1 heterocycles. The Morgan fingerprint density at radius 2 is 0.788 bits per heavy atom. The van der Waals surface area contributed by atoms with Crippen molar-refractivity contribution in [2.75, 3.05) is 0 Å². The van der Waals surface area contributed by atoms with Gasteiger partial charge in [0.05, 0.1) is 11.4 Å². The summed E-state index contributed by atoms with van der Waals surface area (Å²) < 4.78 is 0. The Morgan fingerprint density at radius 1 is 0.250 bits per heavy atom.